The second-order valence-electron chi connectivity index (χ2n) is 9.14. The van der Waals surface area contributed by atoms with Gasteiger partial charge in [-0.25, -0.2) is 13.1 Å². The molecule has 2 aliphatic rings. The Balaban J connectivity index is 1.42. The lowest BCUT2D eigenvalue weighted by atomic mass is 10.0. The van der Waals surface area contributed by atoms with Gasteiger partial charge in [0.15, 0.2) is 0 Å². The first-order chi connectivity index (χ1) is 16.0. The Morgan fingerprint density at radius 2 is 1.88 bits per heavy atom. The molecule has 0 saturated carbocycles. The van der Waals surface area contributed by atoms with E-state index in [4.69, 9.17) is 0 Å². The van der Waals surface area contributed by atoms with Crippen LogP contribution in [0.25, 0.3) is 11.0 Å². The Morgan fingerprint density at radius 1 is 1.09 bits per heavy atom. The molecule has 0 radical (unpaired) electrons. The molecule has 182 valence electrons. The van der Waals surface area contributed by atoms with E-state index in [1.54, 1.807) is 22.9 Å². The van der Waals surface area contributed by atoms with Gasteiger partial charge in [0.1, 0.15) is 11.6 Å². The predicted octanol–water partition coefficient (Wildman–Crippen LogP) is 2.38. The Morgan fingerprint density at radius 3 is 2.67 bits per heavy atom. The van der Waals surface area contributed by atoms with Crippen LogP contribution in [0.1, 0.15) is 58.3 Å². The number of aromatic nitrogens is 3. The molecule has 2 fully saturated rings. The normalized spacial score (nSPS) is 20.8. The minimum atomic E-state index is -3.81. The molecule has 0 bridgehead atoms. The maximum Gasteiger partial charge on any atom is 0.243 e. The molecule has 4 rings (SSSR count). The molecule has 2 saturated heterocycles. The van der Waals surface area contributed by atoms with Crippen LogP contribution in [0.15, 0.2) is 23.1 Å². The molecule has 1 amide bonds. The van der Waals surface area contributed by atoms with E-state index in [9.17, 15) is 13.2 Å². The van der Waals surface area contributed by atoms with Gasteiger partial charge in [-0.2, -0.15) is 4.31 Å². The topological polar surface area (TPSA) is 100 Å². The van der Waals surface area contributed by atoms with Gasteiger partial charge in [0, 0.05) is 19.6 Å². The molecule has 10 heteroatoms. The Hall–Kier alpha value is -2.04. The lowest BCUT2D eigenvalue weighted by molar-refractivity contribution is -0.125. The number of hydrogen-bond donors (Lipinski definition) is 1. The Bertz CT molecular complexity index is 1050. The summed E-state index contributed by atoms with van der Waals surface area (Å²) in [6.07, 6.45) is 7.77. The molecular weight excluding hydrogens is 440 g/mol. The second-order valence-corrected chi connectivity index (χ2v) is 11.0. The molecule has 1 N–H and O–H groups in total. The van der Waals surface area contributed by atoms with Crippen molar-refractivity contribution in [2.45, 2.75) is 75.8 Å². The summed E-state index contributed by atoms with van der Waals surface area (Å²) < 4.78 is 30.2. The standard InChI is InChI=1S/C23H36N6O3S/c1-2-13-28-21-11-10-19(18-20(21)25-26-28)33(31,32)29-17-7-4-9-22(29)23(30)24-12-8-16-27-14-5-3-6-15-27/h10-11,18,22H,2-9,12-17H2,1H3,(H,24,30). The number of nitrogens with zero attached hydrogens (tertiary/aromatic N) is 5. The summed E-state index contributed by atoms with van der Waals surface area (Å²) in [7, 11) is -3.81. The van der Waals surface area contributed by atoms with E-state index in [0.29, 0.717) is 25.0 Å². The number of aryl methyl sites for hydroxylation is 1. The van der Waals surface area contributed by atoms with Crippen LogP contribution < -0.4 is 5.32 Å². The average molecular weight is 477 g/mol. The van der Waals surface area contributed by atoms with E-state index in [0.717, 1.165) is 57.4 Å². The number of rotatable bonds is 9. The molecule has 0 spiro atoms. The van der Waals surface area contributed by atoms with Crippen molar-refractivity contribution in [3.05, 3.63) is 18.2 Å². The van der Waals surface area contributed by atoms with Crippen molar-refractivity contribution in [1.82, 2.24) is 29.5 Å². The van der Waals surface area contributed by atoms with Gasteiger partial charge >= 0.3 is 0 Å². The van der Waals surface area contributed by atoms with Crippen molar-refractivity contribution >= 4 is 27.0 Å². The number of likely N-dealkylation sites (tertiary alicyclic amines) is 1. The predicted molar refractivity (Wildman–Crippen MR) is 127 cm³/mol. The molecular formula is C23H36N6O3S. The van der Waals surface area contributed by atoms with Crippen molar-refractivity contribution < 1.29 is 13.2 Å². The van der Waals surface area contributed by atoms with E-state index in [2.05, 4.69) is 27.5 Å². The number of benzene rings is 1. The summed E-state index contributed by atoms with van der Waals surface area (Å²) in [5.74, 6) is -0.188. The van der Waals surface area contributed by atoms with Gasteiger partial charge in [-0.15, -0.1) is 5.10 Å². The third kappa shape index (κ3) is 5.55. The minimum absolute atomic E-state index is 0.170. The van der Waals surface area contributed by atoms with E-state index < -0.39 is 16.1 Å². The Kier molecular flexibility index (Phi) is 7.98. The number of carbonyl (C=O) groups is 1. The third-order valence-electron chi connectivity index (χ3n) is 6.68. The van der Waals surface area contributed by atoms with Crippen LogP contribution in [0.4, 0.5) is 0 Å². The van der Waals surface area contributed by atoms with Gasteiger partial charge in [-0.05, 0) is 76.4 Å². The third-order valence-corrected chi connectivity index (χ3v) is 8.59. The van der Waals surface area contributed by atoms with Crippen LogP contribution in [0.5, 0.6) is 0 Å². The molecule has 1 aromatic heterocycles. The summed E-state index contributed by atoms with van der Waals surface area (Å²) >= 11 is 0. The van der Waals surface area contributed by atoms with Gasteiger partial charge in [-0.3, -0.25) is 4.79 Å². The van der Waals surface area contributed by atoms with Crippen molar-refractivity contribution in [3.8, 4) is 0 Å². The largest absolute Gasteiger partial charge is 0.355 e. The lowest BCUT2D eigenvalue weighted by Gasteiger charge is -2.33. The van der Waals surface area contributed by atoms with Crippen LogP contribution in [-0.2, 0) is 21.4 Å². The fourth-order valence-electron chi connectivity index (χ4n) is 4.89. The smallest absolute Gasteiger partial charge is 0.243 e. The second kappa shape index (κ2) is 10.9. The first kappa shape index (κ1) is 24.1. The summed E-state index contributed by atoms with van der Waals surface area (Å²) in [5.41, 5.74) is 1.37. The Labute approximate surface area is 196 Å². The first-order valence-corrected chi connectivity index (χ1v) is 13.8. The zero-order chi connectivity index (χ0) is 23.3. The summed E-state index contributed by atoms with van der Waals surface area (Å²) in [4.78, 5) is 15.6. The van der Waals surface area contributed by atoms with Gasteiger partial charge in [-0.1, -0.05) is 25.0 Å². The van der Waals surface area contributed by atoms with Crippen LogP contribution in [0.2, 0.25) is 0 Å². The summed E-state index contributed by atoms with van der Waals surface area (Å²) in [6.45, 7) is 6.97. The molecule has 1 aromatic carbocycles. The van der Waals surface area contributed by atoms with Crippen molar-refractivity contribution in [3.63, 3.8) is 0 Å². The van der Waals surface area contributed by atoms with E-state index in [1.807, 2.05) is 0 Å². The number of sulfonamides is 1. The lowest BCUT2D eigenvalue weighted by Crippen LogP contribution is -2.52. The van der Waals surface area contributed by atoms with Crippen LogP contribution >= 0.6 is 0 Å². The maximum absolute atomic E-state index is 13.5. The number of fused-ring (bicyclic) bond motifs is 1. The van der Waals surface area contributed by atoms with Gasteiger partial charge < -0.3 is 10.2 Å². The van der Waals surface area contributed by atoms with Crippen molar-refractivity contribution in [1.29, 1.82) is 0 Å². The van der Waals surface area contributed by atoms with Crippen molar-refractivity contribution in [2.24, 2.45) is 0 Å². The molecule has 0 aliphatic carbocycles. The zero-order valence-electron chi connectivity index (χ0n) is 19.6. The average Bonchev–Trinajstić information content (AvgIpc) is 3.25. The van der Waals surface area contributed by atoms with E-state index in [1.165, 1.54) is 23.6 Å². The number of amides is 1. The van der Waals surface area contributed by atoms with Crippen LogP contribution in [0, 0.1) is 0 Å². The molecule has 2 aromatic rings. The number of carbonyl (C=O) groups excluding carboxylic acids is 1. The van der Waals surface area contributed by atoms with Crippen molar-refractivity contribution in [2.75, 3.05) is 32.7 Å². The summed E-state index contributed by atoms with van der Waals surface area (Å²) in [6, 6.07) is 4.28. The minimum Gasteiger partial charge on any atom is -0.355 e. The van der Waals surface area contributed by atoms with E-state index in [-0.39, 0.29) is 10.8 Å². The quantitative estimate of drug-likeness (QED) is 0.558. The molecule has 2 aliphatic heterocycles. The fraction of sp³-hybridized carbons (Fsp3) is 0.696. The zero-order valence-corrected chi connectivity index (χ0v) is 20.4. The van der Waals surface area contributed by atoms with Gasteiger partial charge in [0.05, 0.1) is 10.4 Å². The molecule has 33 heavy (non-hydrogen) atoms. The monoisotopic (exact) mass is 476 g/mol. The van der Waals surface area contributed by atoms with Crippen LogP contribution in [-0.4, -0.2) is 77.3 Å². The maximum atomic E-state index is 13.5. The molecule has 1 unspecified atom stereocenters. The van der Waals surface area contributed by atoms with E-state index >= 15 is 0 Å². The number of nitrogens with one attached hydrogen (secondary N) is 1. The first-order valence-electron chi connectivity index (χ1n) is 12.4. The SMILES string of the molecule is CCCn1nnc2cc(S(=O)(=O)N3CCCCC3C(=O)NCCCN3CCCCC3)ccc21. The molecule has 9 nitrogen and oxygen atoms in total. The number of hydrogen-bond acceptors (Lipinski definition) is 6. The highest BCUT2D eigenvalue weighted by molar-refractivity contribution is 7.89. The fourth-order valence-corrected chi connectivity index (χ4v) is 6.57. The molecule has 1 atom stereocenters. The highest BCUT2D eigenvalue weighted by Gasteiger charge is 2.37. The molecule has 3 heterocycles. The summed E-state index contributed by atoms with van der Waals surface area (Å²) in [5, 5.41) is 11.3. The highest BCUT2D eigenvalue weighted by Crippen LogP contribution is 2.27. The number of piperidine rings is 2. The van der Waals surface area contributed by atoms with Gasteiger partial charge in [0.2, 0.25) is 15.9 Å². The highest BCUT2D eigenvalue weighted by atomic mass is 32.2. The van der Waals surface area contributed by atoms with Crippen LogP contribution in [0.3, 0.4) is 0 Å². The van der Waals surface area contributed by atoms with Gasteiger partial charge in [0.25, 0.3) is 0 Å².